The van der Waals surface area contributed by atoms with Crippen LogP contribution in [0.1, 0.15) is 38.7 Å². The van der Waals surface area contributed by atoms with Gasteiger partial charge in [0.15, 0.2) is 0 Å². The van der Waals surface area contributed by atoms with Crippen molar-refractivity contribution in [3.63, 3.8) is 0 Å². The minimum atomic E-state index is 0.157. The van der Waals surface area contributed by atoms with Crippen LogP contribution in [-0.4, -0.2) is 0 Å². The molecular weight excluding hydrogens is 224 g/mol. The lowest BCUT2D eigenvalue weighted by molar-refractivity contribution is 0.589. The summed E-state index contributed by atoms with van der Waals surface area (Å²) in [6, 6.07) is 10.6. The van der Waals surface area contributed by atoms with Crippen molar-refractivity contribution in [3.05, 3.63) is 35.9 Å². The van der Waals surface area contributed by atoms with Crippen molar-refractivity contribution in [3.8, 4) is 0 Å². The lowest BCUT2D eigenvalue weighted by Gasteiger charge is -2.22. The zero-order chi connectivity index (χ0) is 9.73. The average Bonchev–Trinajstić information content (AvgIpc) is 2.16. The van der Waals surface area contributed by atoms with Crippen LogP contribution in [0.5, 0.6) is 0 Å². The van der Waals surface area contributed by atoms with E-state index in [-0.39, 0.29) is 4.32 Å². The Morgan fingerprint density at radius 2 is 1.85 bits per heavy atom. The number of unbranched alkanes of at least 4 members (excludes halogenated alkanes) is 1. The highest BCUT2D eigenvalue weighted by molar-refractivity contribution is 9.09. The van der Waals surface area contributed by atoms with E-state index >= 15 is 0 Å². The van der Waals surface area contributed by atoms with Crippen LogP contribution in [0.3, 0.4) is 0 Å². The minimum Gasteiger partial charge on any atom is -0.0804 e. The number of hydrogen-bond donors (Lipinski definition) is 0. The molecule has 1 heteroatoms. The third-order valence-electron chi connectivity index (χ3n) is 2.38. The number of rotatable bonds is 4. The number of alkyl halides is 1. The van der Waals surface area contributed by atoms with Crippen molar-refractivity contribution >= 4 is 15.9 Å². The maximum atomic E-state index is 3.79. The number of hydrogen-bond acceptors (Lipinski definition) is 0. The van der Waals surface area contributed by atoms with E-state index in [0.29, 0.717) is 0 Å². The second-order valence-electron chi connectivity index (χ2n) is 3.67. The van der Waals surface area contributed by atoms with Gasteiger partial charge in [0.05, 0.1) is 0 Å². The quantitative estimate of drug-likeness (QED) is 0.681. The largest absolute Gasteiger partial charge is 0.0804 e. The molecule has 1 rings (SSSR count). The van der Waals surface area contributed by atoms with E-state index < -0.39 is 0 Å². The maximum absolute atomic E-state index is 3.79. The van der Waals surface area contributed by atoms with E-state index in [1.807, 2.05) is 0 Å². The molecule has 72 valence electrons. The second-order valence-corrected chi connectivity index (χ2v) is 5.42. The van der Waals surface area contributed by atoms with Crippen molar-refractivity contribution in [2.24, 2.45) is 0 Å². The first-order chi connectivity index (χ1) is 6.17. The first-order valence-corrected chi connectivity index (χ1v) is 5.70. The van der Waals surface area contributed by atoms with Crippen LogP contribution >= 0.6 is 15.9 Å². The maximum Gasteiger partial charge on any atom is 0.0477 e. The molecule has 1 unspecified atom stereocenters. The summed E-state index contributed by atoms with van der Waals surface area (Å²) in [5.74, 6) is 0. The van der Waals surface area contributed by atoms with E-state index in [1.165, 1.54) is 24.8 Å². The molecule has 0 saturated heterocycles. The molecule has 0 aliphatic rings. The van der Waals surface area contributed by atoms with Gasteiger partial charge in [0, 0.05) is 4.32 Å². The summed E-state index contributed by atoms with van der Waals surface area (Å²) >= 11 is 3.79. The van der Waals surface area contributed by atoms with Gasteiger partial charge in [0.25, 0.3) is 0 Å². The van der Waals surface area contributed by atoms with E-state index in [1.54, 1.807) is 0 Å². The second kappa shape index (κ2) is 4.80. The van der Waals surface area contributed by atoms with E-state index in [2.05, 4.69) is 60.1 Å². The van der Waals surface area contributed by atoms with E-state index in [4.69, 9.17) is 0 Å². The number of halogens is 1. The van der Waals surface area contributed by atoms with Crippen molar-refractivity contribution in [1.29, 1.82) is 0 Å². The zero-order valence-corrected chi connectivity index (χ0v) is 9.97. The summed E-state index contributed by atoms with van der Waals surface area (Å²) in [6.07, 6.45) is 3.73. The Morgan fingerprint density at radius 1 is 1.23 bits per heavy atom. The molecular formula is C12H17Br. The Morgan fingerprint density at radius 3 is 2.38 bits per heavy atom. The first-order valence-electron chi connectivity index (χ1n) is 4.91. The summed E-state index contributed by atoms with van der Waals surface area (Å²) in [6.45, 7) is 4.48. The molecule has 1 atom stereocenters. The Kier molecular flexibility index (Phi) is 3.98. The number of benzene rings is 1. The van der Waals surface area contributed by atoms with Gasteiger partial charge < -0.3 is 0 Å². The molecule has 0 heterocycles. The van der Waals surface area contributed by atoms with Gasteiger partial charge in [-0.25, -0.2) is 0 Å². The van der Waals surface area contributed by atoms with Crippen LogP contribution < -0.4 is 0 Å². The highest BCUT2D eigenvalue weighted by Gasteiger charge is 2.21. The first kappa shape index (κ1) is 10.8. The molecule has 0 bridgehead atoms. The predicted molar refractivity (Wildman–Crippen MR) is 62.2 cm³/mol. The Bertz CT molecular complexity index is 239. The van der Waals surface area contributed by atoms with Crippen molar-refractivity contribution in [2.75, 3.05) is 0 Å². The fraction of sp³-hybridized carbons (Fsp3) is 0.500. The summed E-state index contributed by atoms with van der Waals surface area (Å²) < 4.78 is 0.157. The monoisotopic (exact) mass is 240 g/mol. The van der Waals surface area contributed by atoms with E-state index in [9.17, 15) is 0 Å². The smallest absolute Gasteiger partial charge is 0.0477 e. The van der Waals surface area contributed by atoms with Gasteiger partial charge in [0.2, 0.25) is 0 Å². The van der Waals surface area contributed by atoms with Gasteiger partial charge in [-0.15, -0.1) is 0 Å². The SMILES string of the molecule is CCCCC(C)(Br)c1ccccc1. The summed E-state index contributed by atoms with van der Waals surface area (Å²) in [5, 5.41) is 0. The highest BCUT2D eigenvalue weighted by Crippen LogP contribution is 2.35. The lowest BCUT2D eigenvalue weighted by atomic mass is 9.95. The fourth-order valence-corrected chi connectivity index (χ4v) is 1.98. The van der Waals surface area contributed by atoms with Crippen LogP contribution in [0.25, 0.3) is 0 Å². The van der Waals surface area contributed by atoms with Gasteiger partial charge in [-0.3, -0.25) is 0 Å². The Balaban J connectivity index is 2.69. The fourth-order valence-electron chi connectivity index (χ4n) is 1.44. The molecule has 0 aliphatic carbocycles. The molecule has 0 saturated carbocycles. The van der Waals surface area contributed by atoms with Gasteiger partial charge in [-0.2, -0.15) is 0 Å². The third-order valence-corrected chi connectivity index (χ3v) is 3.23. The molecule has 1 aromatic rings. The Hall–Kier alpha value is -0.300. The van der Waals surface area contributed by atoms with Crippen LogP contribution in [0, 0.1) is 0 Å². The van der Waals surface area contributed by atoms with Crippen LogP contribution in [-0.2, 0) is 4.32 Å². The van der Waals surface area contributed by atoms with Crippen LogP contribution in [0.2, 0.25) is 0 Å². The van der Waals surface area contributed by atoms with Crippen molar-refractivity contribution < 1.29 is 0 Å². The summed E-state index contributed by atoms with van der Waals surface area (Å²) in [7, 11) is 0. The van der Waals surface area contributed by atoms with Gasteiger partial charge >= 0.3 is 0 Å². The van der Waals surface area contributed by atoms with Gasteiger partial charge in [-0.1, -0.05) is 66.0 Å². The van der Waals surface area contributed by atoms with Gasteiger partial charge in [0.1, 0.15) is 0 Å². The predicted octanol–water partition coefficient (Wildman–Crippen LogP) is 4.49. The summed E-state index contributed by atoms with van der Waals surface area (Å²) in [5.41, 5.74) is 1.38. The molecule has 1 aromatic carbocycles. The summed E-state index contributed by atoms with van der Waals surface area (Å²) in [4.78, 5) is 0. The van der Waals surface area contributed by atoms with Crippen LogP contribution in [0.4, 0.5) is 0 Å². The van der Waals surface area contributed by atoms with Crippen LogP contribution in [0.15, 0.2) is 30.3 Å². The Labute approximate surface area is 89.5 Å². The molecule has 0 aromatic heterocycles. The molecule has 13 heavy (non-hydrogen) atoms. The normalized spacial score (nSPS) is 15.3. The minimum absolute atomic E-state index is 0.157. The highest BCUT2D eigenvalue weighted by atomic mass is 79.9. The molecule has 0 N–H and O–H groups in total. The van der Waals surface area contributed by atoms with E-state index in [0.717, 1.165) is 0 Å². The average molecular weight is 241 g/mol. The molecule has 0 amide bonds. The van der Waals surface area contributed by atoms with Crippen molar-refractivity contribution in [1.82, 2.24) is 0 Å². The van der Waals surface area contributed by atoms with Crippen molar-refractivity contribution in [2.45, 2.75) is 37.4 Å². The molecule has 0 radical (unpaired) electrons. The molecule has 0 fully saturated rings. The molecule has 0 nitrogen and oxygen atoms in total. The third kappa shape index (κ3) is 3.15. The lowest BCUT2D eigenvalue weighted by Crippen LogP contribution is -2.12. The van der Waals surface area contributed by atoms with Gasteiger partial charge in [-0.05, 0) is 18.9 Å². The molecule has 0 spiro atoms. The molecule has 0 aliphatic heterocycles. The topological polar surface area (TPSA) is 0 Å². The zero-order valence-electron chi connectivity index (χ0n) is 8.39. The standard InChI is InChI=1S/C12H17Br/c1-3-4-10-12(2,13)11-8-6-5-7-9-11/h5-9H,3-4,10H2,1-2H3.